The summed E-state index contributed by atoms with van der Waals surface area (Å²) in [4.78, 5) is 10.5. The van der Waals surface area contributed by atoms with Gasteiger partial charge in [-0.1, -0.05) is 5.92 Å². The molecular formula is C12H8N4OS. The van der Waals surface area contributed by atoms with Crippen LogP contribution in [0, 0.1) is 23.2 Å². The number of rotatable bonds is 3. The van der Waals surface area contributed by atoms with Gasteiger partial charge in [-0.15, -0.1) is 17.3 Å². The molecule has 1 unspecified atom stereocenters. The van der Waals surface area contributed by atoms with Crippen molar-refractivity contribution >= 4 is 27.8 Å². The van der Waals surface area contributed by atoms with Gasteiger partial charge in [-0.05, 0) is 6.92 Å². The van der Waals surface area contributed by atoms with Gasteiger partial charge in [0.15, 0.2) is 6.04 Å². The maximum Gasteiger partial charge on any atom is 0.208 e. The second-order valence-electron chi connectivity index (χ2n) is 3.34. The quantitative estimate of drug-likeness (QED) is 0.664. The number of nitrogens with zero attached hydrogens (tertiary/aromatic N) is 3. The molecule has 0 aliphatic carbocycles. The van der Waals surface area contributed by atoms with E-state index in [4.69, 9.17) is 5.26 Å². The number of hydrogen-bond donors (Lipinski definition) is 1. The van der Waals surface area contributed by atoms with E-state index in [9.17, 15) is 4.79 Å². The number of amides is 1. The predicted octanol–water partition coefficient (Wildman–Crippen LogP) is 1.37. The molecule has 5 nitrogen and oxygen atoms in total. The molecule has 0 saturated heterocycles. The molecule has 0 aliphatic heterocycles. The topological polar surface area (TPSA) is 78.7 Å². The van der Waals surface area contributed by atoms with Gasteiger partial charge in [0.25, 0.3) is 0 Å². The Hall–Kier alpha value is -2.44. The van der Waals surface area contributed by atoms with Crippen LogP contribution in [0.25, 0.3) is 10.1 Å². The Morgan fingerprint density at radius 1 is 1.61 bits per heavy atom. The average molecular weight is 256 g/mol. The van der Waals surface area contributed by atoms with E-state index >= 15 is 0 Å². The number of fused-ring (bicyclic) bond motifs is 1. The lowest BCUT2D eigenvalue weighted by molar-refractivity contribution is -0.109. The summed E-state index contributed by atoms with van der Waals surface area (Å²) in [6, 6.07) is 1.17. The minimum absolute atomic E-state index is 0.432. The summed E-state index contributed by atoms with van der Waals surface area (Å²) >= 11 is 1.48. The van der Waals surface area contributed by atoms with Crippen LogP contribution >= 0.6 is 11.3 Å². The first-order chi connectivity index (χ1) is 8.81. The van der Waals surface area contributed by atoms with Crippen LogP contribution in [-0.4, -0.2) is 16.6 Å². The molecule has 88 valence electrons. The Labute approximate surface area is 107 Å². The molecule has 6 heteroatoms. The highest BCUT2D eigenvalue weighted by Crippen LogP contribution is 2.29. The Bertz CT molecular complexity index is 689. The van der Waals surface area contributed by atoms with E-state index in [-0.39, 0.29) is 0 Å². The zero-order valence-corrected chi connectivity index (χ0v) is 10.3. The molecule has 1 atom stereocenters. The van der Waals surface area contributed by atoms with Crippen LogP contribution in [0.5, 0.6) is 0 Å². The lowest BCUT2D eigenvalue weighted by Gasteiger charge is -2.07. The van der Waals surface area contributed by atoms with Crippen molar-refractivity contribution in [2.24, 2.45) is 0 Å². The number of hydrogen-bond acceptors (Lipinski definition) is 5. The van der Waals surface area contributed by atoms with Crippen molar-refractivity contribution < 1.29 is 4.79 Å². The average Bonchev–Trinajstić information content (AvgIpc) is 2.80. The second-order valence-corrected chi connectivity index (χ2v) is 4.25. The normalized spacial score (nSPS) is 11.1. The maximum atomic E-state index is 10.5. The maximum absolute atomic E-state index is 10.5. The SMILES string of the molecule is CC#Cc1csc2cnnc(C(C#N)NC=O)c12. The van der Waals surface area contributed by atoms with Crippen molar-refractivity contribution in [2.45, 2.75) is 13.0 Å². The molecule has 2 aromatic heterocycles. The third-order valence-corrected chi connectivity index (χ3v) is 3.23. The summed E-state index contributed by atoms with van der Waals surface area (Å²) in [6.45, 7) is 1.74. The third kappa shape index (κ3) is 2.02. The molecule has 2 heterocycles. The van der Waals surface area contributed by atoms with Crippen molar-refractivity contribution in [3.8, 4) is 17.9 Å². The smallest absolute Gasteiger partial charge is 0.208 e. The highest BCUT2D eigenvalue weighted by atomic mass is 32.1. The fourth-order valence-corrected chi connectivity index (χ4v) is 2.46. The Morgan fingerprint density at radius 2 is 2.44 bits per heavy atom. The Morgan fingerprint density at radius 3 is 3.11 bits per heavy atom. The standard InChI is InChI=1S/C12H8N4OS/c1-2-3-8-6-18-10-5-15-16-12(11(8)10)9(4-13)14-7-17/h5-7,9H,1H3,(H,14,17). The van der Waals surface area contributed by atoms with Crippen LogP contribution in [0.4, 0.5) is 0 Å². The fourth-order valence-electron chi connectivity index (χ4n) is 1.60. The van der Waals surface area contributed by atoms with Crippen molar-refractivity contribution in [3.63, 3.8) is 0 Å². The zero-order chi connectivity index (χ0) is 13.0. The van der Waals surface area contributed by atoms with E-state index in [0.717, 1.165) is 15.6 Å². The lowest BCUT2D eigenvalue weighted by Crippen LogP contribution is -2.19. The van der Waals surface area contributed by atoms with Gasteiger partial charge < -0.3 is 5.32 Å². The number of aromatic nitrogens is 2. The molecule has 0 radical (unpaired) electrons. The van der Waals surface area contributed by atoms with Crippen molar-refractivity contribution in [2.75, 3.05) is 0 Å². The number of thiophene rings is 1. The highest BCUT2D eigenvalue weighted by Gasteiger charge is 2.18. The Balaban J connectivity index is 2.68. The van der Waals surface area contributed by atoms with Gasteiger partial charge in [0.05, 0.1) is 17.0 Å². The van der Waals surface area contributed by atoms with Crippen molar-refractivity contribution in [1.29, 1.82) is 5.26 Å². The van der Waals surface area contributed by atoms with Crippen LogP contribution in [-0.2, 0) is 4.79 Å². The van der Waals surface area contributed by atoms with Crippen LogP contribution in [0.3, 0.4) is 0 Å². The molecule has 0 spiro atoms. The second kappa shape index (κ2) is 5.26. The first-order valence-electron chi connectivity index (χ1n) is 5.06. The van der Waals surface area contributed by atoms with Gasteiger partial charge >= 0.3 is 0 Å². The summed E-state index contributed by atoms with van der Waals surface area (Å²) in [5, 5.41) is 21.9. The van der Waals surface area contributed by atoms with E-state index in [1.54, 1.807) is 13.1 Å². The molecule has 0 aliphatic rings. The predicted molar refractivity (Wildman–Crippen MR) is 67.5 cm³/mol. The largest absolute Gasteiger partial charge is 0.338 e. The Kier molecular flexibility index (Phi) is 3.52. The summed E-state index contributed by atoms with van der Waals surface area (Å²) in [7, 11) is 0. The molecule has 1 N–H and O–H groups in total. The highest BCUT2D eigenvalue weighted by molar-refractivity contribution is 7.17. The number of carbonyl (C=O) groups is 1. The first-order valence-corrected chi connectivity index (χ1v) is 5.94. The van der Waals surface area contributed by atoms with E-state index in [1.165, 1.54) is 11.3 Å². The summed E-state index contributed by atoms with van der Waals surface area (Å²) in [5.41, 5.74) is 1.23. The van der Waals surface area contributed by atoms with Gasteiger partial charge in [-0.2, -0.15) is 15.5 Å². The molecule has 0 bridgehead atoms. The van der Waals surface area contributed by atoms with E-state index < -0.39 is 6.04 Å². The van der Waals surface area contributed by atoms with Crippen LogP contribution < -0.4 is 5.32 Å². The molecule has 2 aromatic rings. The van der Waals surface area contributed by atoms with Crippen molar-refractivity contribution in [1.82, 2.24) is 15.5 Å². The fraction of sp³-hybridized carbons (Fsp3) is 0.167. The van der Waals surface area contributed by atoms with Crippen molar-refractivity contribution in [3.05, 3.63) is 22.8 Å². The lowest BCUT2D eigenvalue weighted by atomic mass is 10.1. The molecule has 0 saturated carbocycles. The van der Waals surface area contributed by atoms with Gasteiger partial charge in [-0.3, -0.25) is 4.79 Å². The van der Waals surface area contributed by atoms with Crippen LogP contribution in [0.1, 0.15) is 24.2 Å². The molecule has 1 amide bonds. The van der Waals surface area contributed by atoms with Crippen LogP contribution in [0.2, 0.25) is 0 Å². The number of carbonyl (C=O) groups excluding carboxylic acids is 1. The minimum atomic E-state index is -0.814. The van der Waals surface area contributed by atoms with Crippen LogP contribution in [0.15, 0.2) is 11.6 Å². The number of nitrogens with one attached hydrogen (secondary N) is 1. The van der Waals surface area contributed by atoms with Gasteiger partial charge in [-0.25, -0.2) is 0 Å². The summed E-state index contributed by atoms with van der Waals surface area (Å²) < 4.78 is 0.894. The zero-order valence-electron chi connectivity index (χ0n) is 9.47. The van der Waals surface area contributed by atoms with Gasteiger partial charge in [0, 0.05) is 16.3 Å². The molecular weight excluding hydrogens is 248 g/mol. The molecule has 0 aromatic carbocycles. The molecule has 18 heavy (non-hydrogen) atoms. The summed E-state index contributed by atoms with van der Waals surface area (Å²) in [6.07, 6.45) is 2.10. The number of nitriles is 1. The molecule has 0 fully saturated rings. The van der Waals surface area contributed by atoms with E-state index in [1.807, 2.05) is 11.4 Å². The minimum Gasteiger partial charge on any atom is -0.338 e. The van der Waals surface area contributed by atoms with E-state index in [2.05, 4.69) is 27.4 Å². The first kappa shape index (κ1) is 12.0. The van der Waals surface area contributed by atoms with Gasteiger partial charge in [0.2, 0.25) is 6.41 Å². The third-order valence-electron chi connectivity index (χ3n) is 2.31. The van der Waals surface area contributed by atoms with Gasteiger partial charge in [0.1, 0.15) is 5.69 Å². The molecule has 2 rings (SSSR count). The summed E-state index contributed by atoms with van der Waals surface area (Å²) in [5.74, 6) is 5.77. The van der Waals surface area contributed by atoms with E-state index in [0.29, 0.717) is 12.1 Å². The monoisotopic (exact) mass is 256 g/mol.